The van der Waals surface area contributed by atoms with Gasteiger partial charge in [0.25, 0.3) is 0 Å². The third-order valence-corrected chi connectivity index (χ3v) is 4.46. The van der Waals surface area contributed by atoms with Gasteiger partial charge in [0, 0.05) is 12.1 Å². The normalized spacial score (nSPS) is 15.4. The molecule has 0 bridgehead atoms. The summed E-state index contributed by atoms with van der Waals surface area (Å²) in [7, 11) is 3.26. The van der Waals surface area contributed by atoms with E-state index in [1.54, 1.807) is 19.1 Å². The summed E-state index contributed by atoms with van der Waals surface area (Å²) in [4.78, 5) is 1.54. The third kappa shape index (κ3) is 6.78. The van der Waals surface area contributed by atoms with Crippen LogP contribution in [0.15, 0.2) is 23.3 Å². The van der Waals surface area contributed by atoms with Crippen molar-refractivity contribution in [3.63, 3.8) is 0 Å². The molecule has 144 valence electrons. The molecule has 0 saturated carbocycles. The van der Waals surface area contributed by atoms with Gasteiger partial charge in [0.2, 0.25) is 0 Å². The minimum Gasteiger partial charge on any atom is -0.493 e. The van der Waals surface area contributed by atoms with Crippen LogP contribution in [0, 0.1) is 0 Å². The van der Waals surface area contributed by atoms with Crippen molar-refractivity contribution in [1.82, 2.24) is 10.7 Å². The van der Waals surface area contributed by atoms with E-state index in [4.69, 9.17) is 26.4 Å². The number of hydrazone groups is 1. The number of hydrogen-bond acceptors (Lipinski definition) is 5. The van der Waals surface area contributed by atoms with Crippen LogP contribution in [0.5, 0.6) is 11.5 Å². The largest absolute Gasteiger partial charge is 0.493 e. The second kappa shape index (κ2) is 10.9. The maximum atomic E-state index is 5.36. The van der Waals surface area contributed by atoms with E-state index >= 15 is 0 Å². The average Bonchev–Trinajstić information content (AvgIpc) is 2.67. The number of quaternary nitrogens is 1. The van der Waals surface area contributed by atoms with Gasteiger partial charge in [-0.25, -0.2) is 0 Å². The topological polar surface area (TPSA) is 68.5 Å². The number of thiocarbonyl (C=S) groups is 1. The van der Waals surface area contributed by atoms with Crippen molar-refractivity contribution in [1.29, 1.82) is 0 Å². The zero-order valence-electron chi connectivity index (χ0n) is 15.8. The Balaban J connectivity index is 1.73. The molecule has 0 aliphatic carbocycles. The quantitative estimate of drug-likeness (QED) is 0.335. The zero-order chi connectivity index (χ0) is 18.8. The van der Waals surface area contributed by atoms with Crippen LogP contribution in [0.3, 0.4) is 0 Å². The van der Waals surface area contributed by atoms with E-state index in [2.05, 4.69) is 15.8 Å². The van der Waals surface area contributed by atoms with Crippen molar-refractivity contribution in [2.45, 2.75) is 13.3 Å². The van der Waals surface area contributed by atoms with Gasteiger partial charge in [-0.3, -0.25) is 5.43 Å². The Kier molecular flexibility index (Phi) is 8.60. The number of morpholine rings is 1. The molecule has 0 atom stereocenters. The van der Waals surface area contributed by atoms with Crippen molar-refractivity contribution in [2.24, 2.45) is 5.10 Å². The molecule has 0 amide bonds. The van der Waals surface area contributed by atoms with E-state index in [1.807, 2.05) is 25.1 Å². The standard InChI is InChI=1S/C18H28N4O3S/c1-14(12-15-4-5-16(23-2)17(13-15)24-3)20-21-18(26)19-6-7-22-8-10-25-11-9-22/h4-5,13H,6-12H2,1-3H3,(H2,19,21,26)/p+1/b20-14-. The van der Waals surface area contributed by atoms with Crippen LogP contribution in [-0.4, -0.2) is 64.4 Å². The first kappa shape index (κ1) is 20.4. The molecule has 1 aromatic rings. The lowest BCUT2D eigenvalue weighted by molar-refractivity contribution is -0.906. The lowest BCUT2D eigenvalue weighted by Gasteiger charge is -2.23. The highest BCUT2D eigenvalue weighted by Gasteiger charge is 2.12. The lowest BCUT2D eigenvalue weighted by atomic mass is 10.1. The van der Waals surface area contributed by atoms with Gasteiger partial charge in [0.1, 0.15) is 13.1 Å². The smallest absolute Gasteiger partial charge is 0.187 e. The molecule has 1 saturated heterocycles. The lowest BCUT2D eigenvalue weighted by Crippen LogP contribution is -3.14. The second-order valence-corrected chi connectivity index (χ2v) is 6.60. The summed E-state index contributed by atoms with van der Waals surface area (Å²) in [6.07, 6.45) is 0.702. The van der Waals surface area contributed by atoms with Crippen LogP contribution in [0.1, 0.15) is 12.5 Å². The van der Waals surface area contributed by atoms with Crippen molar-refractivity contribution in [2.75, 3.05) is 53.6 Å². The van der Waals surface area contributed by atoms with E-state index in [0.717, 1.165) is 56.4 Å². The minimum atomic E-state index is 0.546. The zero-order valence-corrected chi connectivity index (χ0v) is 16.6. The molecule has 26 heavy (non-hydrogen) atoms. The molecule has 1 heterocycles. The highest BCUT2D eigenvalue weighted by atomic mass is 32.1. The minimum absolute atomic E-state index is 0.546. The fraction of sp³-hybridized carbons (Fsp3) is 0.556. The van der Waals surface area contributed by atoms with Gasteiger partial charge in [-0.1, -0.05) is 6.07 Å². The number of benzene rings is 1. The van der Waals surface area contributed by atoms with Crippen LogP contribution in [0.25, 0.3) is 0 Å². The summed E-state index contributed by atoms with van der Waals surface area (Å²) < 4.78 is 15.9. The molecule has 0 radical (unpaired) electrons. The SMILES string of the molecule is COc1ccc(C/C(C)=N\NC(=S)NCC[NH+]2CCOCC2)cc1OC. The van der Waals surface area contributed by atoms with Gasteiger partial charge in [-0.15, -0.1) is 0 Å². The van der Waals surface area contributed by atoms with E-state index in [-0.39, 0.29) is 0 Å². The Hall–Kier alpha value is -1.90. The fourth-order valence-electron chi connectivity index (χ4n) is 2.77. The van der Waals surface area contributed by atoms with Crippen LogP contribution in [0.2, 0.25) is 0 Å². The predicted molar refractivity (Wildman–Crippen MR) is 106 cm³/mol. The molecule has 0 unspecified atom stereocenters. The van der Waals surface area contributed by atoms with E-state index in [0.29, 0.717) is 17.3 Å². The van der Waals surface area contributed by atoms with Gasteiger partial charge in [0.15, 0.2) is 16.6 Å². The van der Waals surface area contributed by atoms with Crippen LogP contribution in [-0.2, 0) is 11.2 Å². The first-order chi connectivity index (χ1) is 12.6. The van der Waals surface area contributed by atoms with Gasteiger partial charge in [-0.2, -0.15) is 5.10 Å². The van der Waals surface area contributed by atoms with Crippen molar-refractivity contribution < 1.29 is 19.1 Å². The number of hydrogen-bond donors (Lipinski definition) is 3. The Labute approximate surface area is 160 Å². The van der Waals surface area contributed by atoms with Crippen molar-refractivity contribution in [3.05, 3.63) is 23.8 Å². The maximum absolute atomic E-state index is 5.36. The summed E-state index contributed by atoms with van der Waals surface area (Å²) in [5.41, 5.74) is 4.94. The Morgan fingerprint density at radius 2 is 1.96 bits per heavy atom. The van der Waals surface area contributed by atoms with Gasteiger partial charge >= 0.3 is 0 Å². The molecule has 8 heteroatoms. The van der Waals surface area contributed by atoms with Gasteiger partial charge in [0.05, 0.1) is 40.5 Å². The third-order valence-electron chi connectivity index (χ3n) is 4.22. The molecule has 7 nitrogen and oxygen atoms in total. The van der Waals surface area contributed by atoms with Crippen LogP contribution in [0.4, 0.5) is 0 Å². The van der Waals surface area contributed by atoms with Crippen molar-refractivity contribution >= 4 is 23.0 Å². The summed E-state index contributed by atoms with van der Waals surface area (Å²) >= 11 is 5.28. The van der Waals surface area contributed by atoms with E-state index < -0.39 is 0 Å². The highest BCUT2D eigenvalue weighted by Crippen LogP contribution is 2.27. The number of nitrogens with one attached hydrogen (secondary N) is 3. The molecular formula is C18H29N4O3S+. The average molecular weight is 382 g/mol. The fourth-order valence-corrected chi connectivity index (χ4v) is 2.92. The van der Waals surface area contributed by atoms with E-state index in [1.165, 1.54) is 0 Å². The molecule has 1 aliphatic rings. The number of methoxy groups -OCH3 is 2. The monoisotopic (exact) mass is 381 g/mol. The first-order valence-corrected chi connectivity index (χ1v) is 9.22. The molecule has 1 aliphatic heterocycles. The maximum Gasteiger partial charge on any atom is 0.187 e. The van der Waals surface area contributed by atoms with Crippen molar-refractivity contribution in [3.8, 4) is 11.5 Å². The molecule has 2 rings (SSSR count). The molecule has 1 fully saturated rings. The summed E-state index contributed by atoms with van der Waals surface area (Å²) in [5.74, 6) is 1.44. The van der Waals surface area contributed by atoms with E-state index in [9.17, 15) is 0 Å². The summed E-state index contributed by atoms with van der Waals surface area (Å²) in [6.45, 7) is 7.62. The Morgan fingerprint density at radius 3 is 2.65 bits per heavy atom. The molecule has 1 aromatic carbocycles. The molecule has 0 aromatic heterocycles. The Bertz CT molecular complexity index is 618. The summed E-state index contributed by atoms with van der Waals surface area (Å²) in [5, 5.41) is 8.09. The van der Waals surface area contributed by atoms with Gasteiger partial charge < -0.3 is 24.4 Å². The van der Waals surface area contributed by atoms with Crippen LogP contribution < -0.4 is 25.1 Å². The van der Waals surface area contributed by atoms with Gasteiger partial charge in [-0.05, 0) is 36.8 Å². The number of ether oxygens (including phenoxy) is 3. The predicted octanol–water partition coefficient (Wildman–Crippen LogP) is 0.00140. The van der Waals surface area contributed by atoms with Crippen LogP contribution >= 0.6 is 12.2 Å². The molecule has 0 spiro atoms. The second-order valence-electron chi connectivity index (χ2n) is 6.19. The number of rotatable bonds is 8. The first-order valence-electron chi connectivity index (χ1n) is 8.81. The molecule has 3 N–H and O–H groups in total. The highest BCUT2D eigenvalue weighted by molar-refractivity contribution is 7.80. The summed E-state index contributed by atoms with van der Waals surface area (Å²) in [6, 6.07) is 5.86. The Morgan fingerprint density at radius 1 is 1.23 bits per heavy atom. The molecular weight excluding hydrogens is 352 g/mol. The number of nitrogens with zero attached hydrogens (tertiary/aromatic N) is 1.